The van der Waals surface area contributed by atoms with Gasteiger partial charge in [0, 0.05) is 31.6 Å². The van der Waals surface area contributed by atoms with Gasteiger partial charge in [-0.3, -0.25) is 9.89 Å². The maximum Gasteiger partial charge on any atom is 0.275 e. The van der Waals surface area contributed by atoms with Crippen molar-refractivity contribution in [2.75, 3.05) is 26.2 Å². The first-order chi connectivity index (χ1) is 13.8. The molecule has 0 aliphatic carbocycles. The van der Waals surface area contributed by atoms with Crippen molar-refractivity contribution in [2.24, 2.45) is 0 Å². The van der Waals surface area contributed by atoms with Gasteiger partial charge in [0.15, 0.2) is 5.69 Å². The van der Waals surface area contributed by atoms with Crippen molar-refractivity contribution in [3.05, 3.63) is 59.3 Å². The fourth-order valence-corrected chi connectivity index (χ4v) is 4.88. The highest BCUT2D eigenvalue weighted by atomic mass is 32.2. The van der Waals surface area contributed by atoms with Crippen LogP contribution >= 0.6 is 0 Å². The summed E-state index contributed by atoms with van der Waals surface area (Å²) in [5.74, 6) is -2.15. The van der Waals surface area contributed by atoms with Crippen LogP contribution in [0.1, 0.15) is 16.1 Å². The molecule has 29 heavy (non-hydrogen) atoms. The summed E-state index contributed by atoms with van der Waals surface area (Å²) >= 11 is 0. The Labute approximate surface area is 166 Å². The van der Waals surface area contributed by atoms with Gasteiger partial charge in [-0.1, -0.05) is 11.6 Å². The number of nitrogens with zero attached hydrogens (tertiary/aromatic N) is 3. The molecule has 152 valence electrons. The summed E-state index contributed by atoms with van der Waals surface area (Å²) in [6.07, 6.45) is 0. The minimum absolute atomic E-state index is 0.0224. The Morgan fingerprint density at radius 3 is 2.52 bits per heavy atom. The molecule has 0 bridgehead atoms. The number of fused-ring (bicyclic) bond motifs is 1. The van der Waals surface area contributed by atoms with Crippen molar-refractivity contribution >= 4 is 26.8 Å². The summed E-state index contributed by atoms with van der Waals surface area (Å²) in [5.41, 5.74) is 2.00. The van der Waals surface area contributed by atoms with E-state index in [9.17, 15) is 22.0 Å². The zero-order valence-corrected chi connectivity index (χ0v) is 16.3. The number of hydrogen-bond acceptors (Lipinski definition) is 4. The number of hydrogen-bond donors (Lipinski definition) is 1. The second kappa shape index (κ2) is 7.20. The highest BCUT2D eigenvalue weighted by Gasteiger charge is 2.33. The van der Waals surface area contributed by atoms with Crippen molar-refractivity contribution in [1.82, 2.24) is 19.4 Å². The smallest absolute Gasteiger partial charge is 0.275 e. The molecule has 1 fully saturated rings. The van der Waals surface area contributed by atoms with E-state index in [2.05, 4.69) is 10.2 Å². The number of carbonyl (C=O) groups excluding carboxylic acids is 1. The Morgan fingerprint density at radius 2 is 1.79 bits per heavy atom. The van der Waals surface area contributed by atoms with Crippen LogP contribution in [0.25, 0.3) is 10.9 Å². The van der Waals surface area contributed by atoms with E-state index in [1.165, 1.54) is 4.90 Å². The fourth-order valence-electron chi connectivity index (χ4n) is 3.39. The van der Waals surface area contributed by atoms with E-state index >= 15 is 0 Å². The summed E-state index contributed by atoms with van der Waals surface area (Å²) in [4.78, 5) is 13.7. The lowest BCUT2D eigenvalue weighted by Crippen LogP contribution is -2.50. The number of aryl methyl sites for hydroxylation is 1. The molecule has 0 spiro atoms. The number of carbonyl (C=O) groups is 1. The molecule has 10 heteroatoms. The lowest BCUT2D eigenvalue weighted by atomic mass is 10.1. The zero-order chi connectivity index (χ0) is 20.8. The number of nitrogens with one attached hydrogen (secondary N) is 1. The van der Waals surface area contributed by atoms with E-state index < -0.39 is 26.6 Å². The van der Waals surface area contributed by atoms with Crippen LogP contribution in [-0.4, -0.2) is 59.9 Å². The van der Waals surface area contributed by atoms with Gasteiger partial charge in [0.1, 0.15) is 16.5 Å². The maximum absolute atomic E-state index is 13.9. The van der Waals surface area contributed by atoms with E-state index in [4.69, 9.17) is 0 Å². The second-order valence-electron chi connectivity index (χ2n) is 6.89. The van der Waals surface area contributed by atoms with E-state index in [-0.39, 0.29) is 37.8 Å². The third kappa shape index (κ3) is 3.49. The molecule has 3 aromatic rings. The molecule has 0 saturated carbocycles. The number of rotatable bonds is 3. The van der Waals surface area contributed by atoms with Gasteiger partial charge in [0.25, 0.3) is 5.91 Å². The number of benzene rings is 2. The van der Waals surface area contributed by atoms with E-state index in [0.29, 0.717) is 11.5 Å². The summed E-state index contributed by atoms with van der Waals surface area (Å²) in [5, 5.41) is 7.63. The number of H-pyrrole nitrogens is 1. The second-order valence-corrected chi connectivity index (χ2v) is 8.80. The van der Waals surface area contributed by atoms with Crippen LogP contribution in [0.2, 0.25) is 0 Å². The molecule has 1 amide bonds. The predicted octanol–water partition coefficient (Wildman–Crippen LogP) is 2.30. The highest BCUT2D eigenvalue weighted by molar-refractivity contribution is 7.89. The van der Waals surface area contributed by atoms with Crippen LogP contribution in [0.5, 0.6) is 0 Å². The zero-order valence-electron chi connectivity index (χ0n) is 15.5. The van der Waals surface area contributed by atoms with E-state index in [1.54, 1.807) is 0 Å². The summed E-state index contributed by atoms with van der Waals surface area (Å²) in [6.45, 7) is 2.11. The third-order valence-electron chi connectivity index (χ3n) is 4.96. The van der Waals surface area contributed by atoms with E-state index in [1.807, 2.05) is 25.1 Å². The predicted molar refractivity (Wildman–Crippen MR) is 102 cm³/mol. The molecule has 2 heterocycles. The molecule has 0 atom stereocenters. The topological polar surface area (TPSA) is 86.4 Å². The average Bonchev–Trinajstić information content (AvgIpc) is 3.12. The number of piperazine rings is 1. The molecule has 2 aromatic carbocycles. The first kappa shape index (κ1) is 19.5. The molecule has 1 aliphatic heterocycles. The highest BCUT2D eigenvalue weighted by Crippen LogP contribution is 2.23. The lowest BCUT2D eigenvalue weighted by Gasteiger charge is -2.33. The minimum Gasteiger partial charge on any atom is -0.335 e. The third-order valence-corrected chi connectivity index (χ3v) is 6.87. The molecule has 1 saturated heterocycles. The van der Waals surface area contributed by atoms with E-state index in [0.717, 1.165) is 27.5 Å². The molecule has 1 N–H and O–H groups in total. The average molecular weight is 420 g/mol. The minimum atomic E-state index is -4.20. The molecule has 0 unspecified atom stereocenters. The quantitative estimate of drug-likeness (QED) is 0.705. The van der Waals surface area contributed by atoms with Crippen LogP contribution < -0.4 is 0 Å². The first-order valence-corrected chi connectivity index (χ1v) is 10.4. The van der Waals surface area contributed by atoms with Gasteiger partial charge in [-0.25, -0.2) is 17.2 Å². The first-order valence-electron chi connectivity index (χ1n) is 8.96. The number of aromatic nitrogens is 2. The van der Waals surface area contributed by atoms with Crippen molar-refractivity contribution in [2.45, 2.75) is 11.8 Å². The Hall–Kier alpha value is -2.85. The summed E-state index contributed by atoms with van der Waals surface area (Å²) in [7, 11) is -4.20. The van der Waals surface area contributed by atoms with Crippen molar-refractivity contribution in [3.63, 3.8) is 0 Å². The Kier molecular flexibility index (Phi) is 4.83. The molecule has 1 aromatic heterocycles. The van der Waals surface area contributed by atoms with Gasteiger partial charge in [0.2, 0.25) is 10.0 Å². The lowest BCUT2D eigenvalue weighted by molar-refractivity contribution is 0.0693. The van der Waals surface area contributed by atoms with Gasteiger partial charge in [-0.05, 0) is 37.3 Å². The van der Waals surface area contributed by atoms with Crippen molar-refractivity contribution in [1.29, 1.82) is 0 Å². The summed E-state index contributed by atoms with van der Waals surface area (Å²) in [6, 6.07) is 7.92. The van der Waals surface area contributed by atoms with Gasteiger partial charge < -0.3 is 4.90 Å². The number of sulfonamides is 1. The van der Waals surface area contributed by atoms with Crippen molar-refractivity contribution in [3.8, 4) is 0 Å². The standard InChI is InChI=1S/C19H18F2N4O3S/c1-12-2-5-16-14(10-12)18(23-22-16)19(26)24-6-8-25(9-7-24)29(27,28)17-11-13(20)3-4-15(17)21/h2-5,10-11H,6-9H2,1H3,(H,22,23). The SMILES string of the molecule is Cc1ccc2[nH]nc(C(=O)N3CCN(S(=O)(=O)c4cc(F)ccc4F)CC3)c2c1. The molecule has 0 radical (unpaired) electrons. The normalized spacial score (nSPS) is 15.8. The molecular formula is C19H18F2N4O3S. The van der Waals surface area contributed by atoms with Crippen LogP contribution in [0, 0.1) is 18.6 Å². The van der Waals surface area contributed by atoms with Crippen LogP contribution in [0.3, 0.4) is 0 Å². The van der Waals surface area contributed by atoms with Gasteiger partial charge in [-0.2, -0.15) is 9.40 Å². The maximum atomic E-state index is 13.9. The number of aromatic amines is 1. The monoisotopic (exact) mass is 420 g/mol. The number of amides is 1. The van der Waals surface area contributed by atoms with Crippen LogP contribution in [0.15, 0.2) is 41.3 Å². The van der Waals surface area contributed by atoms with Gasteiger partial charge >= 0.3 is 0 Å². The molecule has 4 rings (SSSR count). The molecule has 1 aliphatic rings. The Morgan fingerprint density at radius 1 is 1.07 bits per heavy atom. The Balaban J connectivity index is 1.52. The fraction of sp³-hybridized carbons (Fsp3) is 0.263. The largest absolute Gasteiger partial charge is 0.335 e. The van der Waals surface area contributed by atoms with Gasteiger partial charge in [-0.15, -0.1) is 0 Å². The molecule has 7 nitrogen and oxygen atoms in total. The Bertz CT molecular complexity index is 1200. The van der Waals surface area contributed by atoms with Gasteiger partial charge in [0.05, 0.1) is 5.52 Å². The molecular weight excluding hydrogens is 402 g/mol. The van der Waals surface area contributed by atoms with Crippen molar-refractivity contribution < 1.29 is 22.0 Å². The van der Waals surface area contributed by atoms with Crippen LogP contribution in [-0.2, 0) is 10.0 Å². The van der Waals surface area contributed by atoms with Crippen LogP contribution in [0.4, 0.5) is 8.78 Å². The summed E-state index contributed by atoms with van der Waals surface area (Å²) < 4.78 is 53.8. The number of halogens is 2.